The van der Waals surface area contributed by atoms with Crippen LogP contribution in [0.3, 0.4) is 0 Å². The molecule has 1 amide bonds. The minimum atomic E-state index is -4.82. The number of ether oxygens (including phenoxy) is 2. The number of carbonyl (C=O) groups is 1. The van der Waals surface area contributed by atoms with E-state index in [4.69, 9.17) is 4.74 Å². The predicted molar refractivity (Wildman–Crippen MR) is 87.4 cm³/mol. The molecule has 0 atom stereocenters. The molecule has 1 aliphatic heterocycles. The first-order valence-corrected chi connectivity index (χ1v) is 8.06. The van der Waals surface area contributed by atoms with Gasteiger partial charge in [0.25, 0.3) is 5.91 Å². The second-order valence-electron chi connectivity index (χ2n) is 5.49. The van der Waals surface area contributed by atoms with Crippen molar-refractivity contribution in [1.29, 1.82) is 0 Å². The highest BCUT2D eigenvalue weighted by Crippen LogP contribution is 2.37. The van der Waals surface area contributed by atoms with Crippen molar-refractivity contribution in [2.24, 2.45) is 0 Å². The van der Waals surface area contributed by atoms with Gasteiger partial charge in [-0.05, 0) is 29.8 Å². The lowest BCUT2D eigenvalue weighted by molar-refractivity contribution is -0.274. The van der Waals surface area contributed by atoms with Crippen LogP contribution in [-0.2, 0) is 13.1 Å². The molecule has 0 fully saturated rings. The summed E-state index contributed by atoms with van der Waals surface area (Å²) < 4.78 is 47.3. The molecule has 3 rings (SSSR count). The van der Waals surface area contributed by atoms with E-state index in [-0.39, 0.29) is 35.9 Å². The largest absolute Gasteiger partial charge is 0.573 e. The Morgan fingerprint density at radius 3 is 2.48 bits per heavy atom. The Kier molecular flexibility index (Phi) is 4.64. The molecule has 2 aromatic rings. The van der Waals surface area contributed by atoms with E-state index in [9.17, 15) is 18.0 Å². The van der Waals surface area contributed by atoms with Crippen LogP contribution < -0.4 is 9.47 Å². The Balaban J connectivity index is 1.85. The molecule has 0 spiro atoms. The van der Waals surface area contributed by atoms with Crippen LogP contribution in [0.2, 0.25) is 0 Å². The van der Waals surface area contributed by atoms with Gasteiger partial charge in [0.05, 0.1) is 13.7 Å². The van der Waals surface area contributed by atoms with Crippen molar-refractivity contribution in [3.8, 4) is 11.5 Å². The van der Waals surface area contributed by atoms with E-state index in [0.717, 1.165) is 5.56 Å². The summed E-state index contributed by atoms with van der Waals surface area (Å²) in [7, 11) is 1.55. The number of alkyl halides is 3. The van der Waals surface area contributed by atoms with Gasteiger partial charge in [0.2, 0.25) is 0 Å². The smallest absolute Gasteiger partial charge is 0.497 e. The van der Waals surface area contributed by atoms with Crippen LogP contribution in [-0.4, -0.2) is 24.3 Å². The number of hydrogen-bond donors (Lipinski definition) is 0. The molecule has 8 heteroatoms. The number of fused-ring (bicyclic) bond motifs is 1. The van der Waals surface area contributed by atoms with Crippen LogP contribution in [0.4, 0.5) is 13.2 Å². The van der Waals surface area contributed by atoms with Gasteiger partial charge >= 0.3 is 6.36 Å². The van der Waals surface area contributed by atoms with Gasteiger partial charge in [-0.1, -0.05) is 28.1 Å². The molecule has 0 radical (unpaired) electrons. The lowest BCUT2D eigenvalue weighted by Gasteiger charge is -2.16. The molecule has 0 aliphatic carbocycles. The molecule has 0 bridgehead atoms. The van der Waals surface area contributed by atoms with Crippen LogP contribution in [0.15, 0.2) is 40.9 Å². The maximum Gasteiger partial charge on any atom is 0.573 e. The molecule has 0 saturated carbocycles. The van der Waals surface area contributed by atoms with E-state index in [1.54, 1.807) is 31.4 Å². The standard InChI is InChI=1S/C17H13BrF3NO3/c1-24-12-4-2-10(3-5-12)8-22-9-14-13(16(22)23)6-11(18)7-15(14)25-17(19,20)21/h2-7H,8-9H2,1H3. The van der Waals surface area contributed by atoms with Crippen molar-refractivity contribution in [2.45, 2.75) is 19.5 Å². The molecule has 1 aliphatic rings. The van der Waals surface area contributed by atoms with Gasteiger partial charge in [-0.3, -0.25) is 4.79 Å². The van der Waals surface area contributed by atoms with Gasteiger partial charge in [0.1, 0.15) is 11.5 Å². The number of carbonyl (C=O) groups excluding carboxylic acids is 1. The minimum Gasteiger partial charge on any atom is -0.497 e. The third kappa shape index (κ3) is 3.89. The lowest BCUT2D eigenvalue weighted by atomic mass is 10.1. The van der Waals surface area contributed by atoms with Crippen molar-refractivity contribution >= 4 is 21.8 Å². The second-order valence-corrected chi connectivity index (χ2v) is 6.40. The molecule has 0 saturated heterocycles. The summed E-state index contributed by atoms with van der Waals surface area (Å²) >= 11 is 3.12. The Labute approximate surface area is 150 Å². The Hall–Kier alpha value is -2.22. The van der Waals surface area contributed by atoms with Crippen molar-refractivity contribution < 1.29 is 27.4 Å². The van der Waals surface area contributed by atoms with Gasteiger partial charge in [-0.15, -0.1) is 13.2 Å². The zero-order chi connectivity index (χ0) is 18.2. The number of hydrogen-bond acceptors (Lipinski definition) is 3. The number of amides is 1. The highest BCUT2D eigenvalue weighted by atomic mass is 79.9. The molecule has 4 nitrogen and oxygen atoms in total. The summed E-state index contributed by atoms with van der Waals surface area (Å²) in [5.74, 6) is -0.00817. The SMILES string of the molecule is COc1ccc(CN2Cc3c(OC(F)(F)F)cc(Br)cc3C2=O)cc1. The van der Waals surface area contributed by atoms with E-state index >= 15 is 0 Å². The summed E-state index contributed by atoms with van der Waals surface area (Å²) in [5.41, 5.74) is 1.29. The van der Waals surface area contributed by atoms with E-state index in [0.29, 0.717) is 10.2 Å². The average Bonchev–Trinajstić information content (AvgIpc) is 2.84. The van der Waals surface area contributed by atoms with E-state index in [1.165, 1.54) is 17.0 Å². The van der Waals surface area contributed by atoms with Gasteiger partial charge in [-0.25, -0.2) is 0 Å². The number of nitrogens with zero attached hydrogens (tertiary/aromatic N) is 1. The van der Waals surface area contributed by atoms with Crippen molar-refractivity contribution in [1.82, 2.24) is 4.90 Å². The van der Waals surface area contributed by atoms with Crippen molar-refractivity contribution in [3.63, 3.8) is 0 Å². The van der Waals surface area contributed by atoms with Gasteiger partial charge < -0.3 is 14.4 Å². The Morgan fingerprint density at radius 1 is 1.20 bits per heavy atom. The second kappa shape index (κ2) is 6.59. The van der Waals surface area contributed by atoms with Crippen molar-refractivity contribution in [2.75, 3.05) is 7.11 Å². The fourth-order valence-corrected chi connectivity index (χ4v) is 3.13. The molecule has 1 heterocycles. The maximum absolute atomic E-state index is 12.6. The highest BCUT2D eigenvalue weighted by Gasteiger charge is 2.36. The number of rotatable bonds is 4. The fraction of sp³-hybridized carbons (Fsp3) is 0.235. The van der Waals surface area contributed by atoms with Crippen LogP contribution in [0, 0.1) is 0 Å². The van der Waals surface area contributed by atoms with Crippen LogP contribution in [0.5, 0.6) is 11.5 Å². The maximum atomic E-state index is 12.6. The summed E-state index contributed by atoms with van der Waals surface area (Å²) in [4.78, 5) is 14.0. The Bertz CT molecular complexity index is 806. The first kappa shape index (κ1) is 17.6. The monoisotopic (exact) mass is 415 g/mol. The molecule has 0 N–H and O–H groups in total. The van der Waals surface area contributed by atoms with Crippen LogP contribution in [0.1, 0.15) is 21.5 Å². The lowest BCUT2D eigenvalue weighted by Crippen LogP contribution is -2.23. The normalized spacial score (nSPS) is 13.8. The molecular formula is C17H13BrF3NO3. The average molecular weight is 416 g/mol. The number of benzene rings is 2. The Morgan fingerprint density at radius 2 is 1.88 bits per heavy atom. The molecule has 0 aromatic heterocycles. The molecule has 0 unspecified atom stereocenters. The van der Waals surface area contributed by atoms with Crippen LogP contribution >= 0.6 is 15.9 Å². The van der Waals surface area contributed by atoms with Crippen molar-refractivity contribution in [3.05, 3.63) is 57.6 Å². The minimum absolute atomic E-state index is 0.0545. The first-order chi connectivity index (χ1) is 11.8. The summed E-state index contributed by atoms with van der Waals surface area (Å²) in [6, 6.07) is 9.86. The van der Waals surface area contributed by atoms with E-state index in [1.807, 2.05) is 0 Å². The summed E-state index contributed by atoms with van der Waals surface area (Å²) in [6.45, 7) is 0.333. The zero-order valence-corrected chi connectivity index (χ0v) is 14.6. The van der Waals surface area contributed by atoms with Gasteiger partial charge in [0, 0.05) is 22.1 Å². The number of halogens is 4. The number of methoxy groups -OCH3 is 1. The summed E-state index contributed by atoms with van der Waals surface area (Å²) in [6.07, 6.45) is -4.82. The third-order valence-corrected chi connectivity index (χ3v) is 4.26. The quantitative estimate of drug-likeness (QED) is 0.737. The molecular weight excluding hydrogens is 403 g/mol. The van der Waals surface area contributed by atoms with Gasteiger partial charge in [0.15, 0.2) is 0 Å². The van der Waals surface area contributed by atoms with E-state index in [2.05, 4.69) is 20.7 Å². The molecule has 25 heavy (non-hydrogen) atoms. The topological polar surface area (TPSA) is 38.8 Å². The fourth-order valence-electron chi connectivity index (χ4n) is 2.69. The molecule has 2 aromatic carbocycles. The first-order valence-electron chi connectivity index (χ1n) is 7.27. The van der Waals surface area contributed by atoms with E-state index < -0.39 is 6.36 Å². The third-order valence-electron chi connectivity index (χ3n) is 3.80. The van der Waals surface area contributed by atoms with Gasteiger partial charge in [-0.2, -0.15) is 0 Å². The van der Waals surface area contributed by atoms with Crippen LogP contribution in [0.25, 0.3) is 0 Å². The zero-order valence-electron chi connectivity index (χ0n) is 13.1. The molecule has 132 valence electrons. The highest BCUT2D eigenvalue weighted by molar-refractivity contribution is 9.10. The predicted octanol–water partition coefficient (Wildman–Crippen LogP) is 4.51. The summed E-state index contributed by atoms with van der Waals surface area (Å²) in [5, 5.41) is 0.